The fraction of sp³-hybridized carbons (Fsp3) is 0.632. The van der Waals surface area contributed by atoms with Gasteiger partial charge < -0.3 is 15.5 Å². The molecule has 0 atom stereocenters. The molecule has 160 valence electrons. The number of rotatable bonds is 6. The maximum absolute atomic E-state index is 13.0. The van der Waals surface area contributed by atoms with E-state index in [2.05, 4.69) is 0 Å². The number of hydrogen-bond donors (Lipinski definition) is 3. The zero-order valence-electron chi connectivity index (χ0n) is 16.9. The molecule has 1 fully saturated rings. The van der Waals surface area contributed by atoms with Crippen molar-refractivity contribution in [3.8, 4) is 5.88 Å². The Kier molecular flexibility index (Phi) is 6.66. The summed E-state index contributed by atoms with van der Waals surface area (Å²) in [6.07, 6.45) is 3.69. The Balaban J connectivity index is 2.65. The summed E-state index contributed by atoms with van der Waals surface area (Å²) >= 11 is 0. The molecule has 1 aromatic heterocycles. The third kappa shape index (κ3) is 4.93. The molecule has 0 bridgehead atoms. The smallest absolute Gasteiger partial charge is 0.334 e. The summed E-state index contributed by atoms with van der Waals surface area (Å²) in [6, 6.07) is -0.452. The van der Waals surface area contributed by atoms with Gasteiger partial charge in [-0.3, -0.25) is 28.3 Å². The summed E-state index contributed by atoms with van der Waals surface area (Å²) in [5.41, 5.74) is -3.39. The van der Waals surface area contributed by atoms with Gasteiger partial charge in [0.05, 0.1) is 6.54 Å². The van der Waals surface area contributed by atoms with Crippen LogP contribution in [0.3, 0.4) is 0 Å². The topological polar surface area (TPSA) is 148 Å². The molecule has 3 N–H and O–H groups in total. The van der Waals surface area contributed by atoms with Crippen molar-refractivity contribution in [3.05, 3.63) is 26.4 Å². The van der Waals surface area contributed by atoms with Gasteiger partial charge in [0.15, 0.2) is 11.3 Å². The van der Waals surface area contributed by atoms with E-state index in [1.54, 1.807) is 20.8 Å². The van der Waals surface area contributed by atoms with E-state index in [-0.39, 0.29) is 5.78 Å². The molecule has 0 radical (unpaired) electrons. The van der Waals surface area contributed by atoms with Gasteiger partial charge >= 0.3 is 11.7 Å². The molecule has 1 heterocycles. The van der Waals surface area contributed by atoms with Crippen LogP contribution in [0.2, 0.25) is 0 Å². The number of aromatic nitrogens is 2. The lowest BCUT2D eigenvalue weighted by atomic mass is 9.91. The Morgan fingerprint density at radius 2 is 1.69 bits per heavy atom. The fourth-order valence-corrected chi connectivity index (χ4v) is 3.29. The number of carbonyl (C=O) groups is 3. The number of carbonyl (C=O) groups excluding carboxylic acids is 2. The second-order valence-electron chi connectivity index (χ2n) is 8.28. The number of hydrogen-bond acceptors (Lipinski definition) is 6. The molecule has 1 amide bonds. The number of ketones is 1. The van der Waals surface area contributed by atoms with Crippen molar-refractivity contribution >= 4 is 17.7 Å². The largest absolute Gasteiger partial charge is 0.494 e. The number of nitrogens with one attached hydrogen (secondary N) is 1. The maximum Gasteiger partial charge on any atom is 0.334 e. The third-order valence-corrected chi connectivity index (χ3v) is 5.05. The lowest BCUT2D eigenvalue weighted by Gasteiger charge is -2.25. The van der Waals surface area contributed by atoms with Gasteiger partial charge in [0.25, 0.3) is 11.5 Å². The number of carboxylic acid groups (broad SMARTS) is 1. The molecule has 0 aromatic carbocycles. The summed E-state index contributed by atoms with van der Waals surface area (Å²) in [5.74, 6) is -3.76. The van der Waals surface area contributed by atoms with Crippen LogP contribution in [-0.4, -0.2) is 43.6 Å². The summed E-state index contributed by atoms with van der Waals surface area (Å²) in [6.45, 7) is 3.67. The Labute approximate surface area is 167 Å². The molecule has 0 aliphatic heterocycles. The fourth-order valence-electron chi connectivity index (χ4n) is 3.29. The molecule has 0 unspecified atom stereocenters. The van der Waals surface area contributed by atoms with Crippen LogP contribution < -0.4 is 16.6 Å². The summed E-state index contributed by atoms with van der Waals surface area (Å²) in [7, 11) is 0. The molecule has 0 saturated heterocycles. The summed E-state index contributed by atoms with van der Waals surface area (Å²) < 4.78 is 1.64. The average Bonchev–Trinajstić information content (AvgIpc) is 2.63. The zero-order chi connectivity index (χ0) is 21.9. The van der Waals surface area contributed by atoms with Crippen molar-refractivity contribution in [3.63, 3.8) is 0 Å². The van der Waals surface area contributed by atoms with Crippen molar-refractivity contribution in [2.45, 2.75) is 65.5 Å². The van der Waals surface area contributed by atoms with Gasteiger partial charge in [0.2, 0.25) is 5.88 Å². The molecular weight excluding hydrogens is 382 g/mol. The van der Waals surface area contributed by atoms with Gasteiger partial charge in [-0.25, -0.2) is 4.79 Å². The van der Waals surface area contributed by atoms with Gasteiger partial charge in [-0.05, 0) is 12.8 Å². The number of Topliss-reactive ketones (excluding diaryl/α,β-unsaturated/α-hetero) is 1. The minimum absolute atomic E-state index is 0.374. The van der Waals surface area contributed by atoms with Crippen LogP contribution in [0.1, 0.15) is 69.3 Å². The Hall–Kier alpha value is -2.91. The second kappa shape index (κ2) is 8.62. The van der Waals surface area contributed by atoms with Gasteiger partial charge in [0, 0.05) is 11.5 Å². The van der Waals surface area contributed by atoms with E-state index in [4.69, 9.17) is 5.11 Å². The van der Waals surface area contributed by atoms with Crippen LogP contribution in [-0.2, 0) is 16.1 Å². The highest BCUT2D eigenvalue weighted by Crippen LogP contribution is 2.27. The normalized spacial score (nSPS) is 15.1. The van der Waals surface area contributed by atoms with Crippen molar-refractivity contribution in [1.29, 1.82) is 0 Å². The average molecular weight is 409 g/mol. The number of aromatic hydroxyl groups is 1. The third-order valence-electron chi connectivity index (χ3n) is 5.05. The SMILES string of the molecule is CC(C)(C)C(=O)Cn1c(O)c(C(=O)NCC(=O)O)c(=O)n(C2CCCCC2)c1=O. The second-order valence-corrected chi connectivity index (χ2v) is 8.28. The van der Waals surface area contributed by atoms with Gasteiger partial charge in [-0.15, -0.1) is 0 Å². The summed E-state index contributed by atoms with van der Waals surface area (Å²) in [4.78, 5) is 61.6. The number of amides is 1. The first-order chi connectivity index (χ1) is 13.4. The van der Waals surface area contributed by atoms with Gasteiger partial charge in [-0.2, -0.15) is 0 Å². The Morgan fingerprint density at radius 3 is 2.21 bits per heavy atom. The minimum Gasteiger partial charge on any atom is -0.494 e. The molecular formula is C19H27N3O7. The molecule has 1 saturated carbocycles. The van der Waals surface area contributed by atoms with Crippen LogP contribution in [0.4, 0.5) is 0 Å². The van der Waals surface area contributed by atoms with Gasteiger partial charge in [0.1, 0.15) is 6.54 Å². The lowest BCUT2D eigenvalue weighted by molar-refractivity contribution is -0.135. The highest BCUT2D eigenvalue weighted by molar-refractivity contribution is 5.97. The van der Waals surface area contributed by atoms with E-state index >= 15 is 0 Å². The van der Waals surface area contributed by atoms with E-state index in [1.807, 2.05) is 5.32 Å². The highest BCUT2D eigenvalue weighted by atomic mass is 16.4. The quantitative estimate of drug-likeness (QED) is 0.625. The molecule has 2 rings (SSSR count). The lowest BCUT2D eigenvalue weighted by Crippen LogP contribution is -2.48. The number of nitrogens with zero attached hydrogens (tertiary/aromatic N) is 2. The maximum atomic E-state index is 13.0. The van der Waals surface area contributed by atoms with E-state index < -0.39 is 59.1 Å². The summed E-state index contributed by atoms with van der Waals surface area (Å²) in [5, 5.41) is 21.3. The van der Waals surface area contributed by atoms with Crippen LogP contribution in [0.5, 0.6) is 5.88 Å². The predicted octanol–water partition coefficient (Wildman–Crippen LogP) is 0.650. The van der Waals surface area contributed by atoms with Crippen molar-refractivity contribution in [1.82, 2.24) is 14.5 Å². The van der Waals surface area contributed by atoms with Crippen LogP contribution in [0, 0.1) is 5.41 Å². The van der Waals surface area contributed by atoms with E-state index in [0.29, 0.717) is 12.8 Å². The standard InChI is InChI=1S/C19H27N3O7/c1-19(2,3)12(23)10-21-16(27)14(15(26)20-9-13(24)25)17(28)22(18(21)29)11-7-5-4-6-8-11/h11,27H,4-10H2,1-3H3,(H,20,26)(H,24,25). The van der Waals surface area contributed by atoms with Gasteiger partial charge in [-0.1, -0.05) is 40.0 Å². The first-order valence-corrected chi connectivity index (χ1v) is 9.56. The highest BCUT2D eigenvalue weighted by Gasteiger charge is 2.31. The van der Waals surface area contributed by atoms with Crippen molar-refractivity contribution in [2.75, 3.05) is 6.54 Å². The predicted molar refractivity (Wildman–Crippen MR) is 103 cm³/mol. The zero-order valence-corrected chi connectivity index (χ0v) is 16.9. The van der Waals surface area contributed by atoms with E-state index in [1.165, 1.54) is 0 Å². The molecule has 10 nitrogen and oxygen atoms in total. The monoisotopic (exact) mass is 409 g/mol. The Morgan fingerprint density at radius 1 is 1.10 bits per heavy atom. The Bertz CT molecular complexity index is 931. The van der Waals surface area contributed by atoms with Crippen molar-refractivity contribution < 1.29 is 24.6 Å². The van der Waals surface area contributed by atoms with E-state index in [0.717, 1.165) is 28.4 Å². The van der Waals surface area contributed by atoms with Crippen LogP contribution >= 0.6 is 0 Å². The van der Waals surface area contributed by atoms with E-state index in [9.17, 15) is 29.1 Å². The number of aliphatic carboxylic acids is 1. The van der Waals surface area contributed by atoms with Crippen molar-refractivity contribution in [2.24, 2.45) is 5.41 Å². The molecule has 1 aromatic rings. The number of carboxylic acids is 1. The molecule has 0 spiro atoms. The first-order valence-electron chi connectivity index (χ1n) is 9.56. The minimum atomic E-state index is -1.33. The van der Waals surface area contributed by atoms with Crippen LogP contribution in [0.25, 0.3) is 0 Å². The molecule has 10 heteroatoms. The molecule has 29 heavy (non-hydrogen) atoms. The first kappa shape index (κ1) is 22.4. The molecule has 1 aliphatic carbocycles. The van der Waals surface area contributed by atoms with Crippen LogP contribution in [0.15, 0.2) is 9.59 Å². The molecule has 1 aliphatic rings.